The lowest BCUT2D eigenvalue weighted by Gasteiger charge is -2.26. The van der Waals surface area contributed by atoms with Gasteiger partial charge >= 0.3 is 0 Å². The molecule has 1 aromatic heterocycles. The van der Waals surface area contributed by atoms with Crippen LogP contribution in [0.3, 0.4) is 0 Å². The molecule has 2 rings (SSSR count). The molecule has 0 aliphatic carbocycles. The van der Waals surface area contributed by atoms with Crippen molar-refractivity contribution in [2.24, 2.45) is 0 Å². The topological polar surface area (TPSA) is 62.3 Å². The highest BCUT2D eigenvalue weighted by Gasteiger charge is 2.25. The number of carbonyl (C=O) groups excluding carboxylic acids is 2. The molecule has 1 unspecified atom stereocenters. The molecule has 1 aromatic rings. The zero-order chi connectivity index (χ0) is 12.3. The molecule has 1 aliphatic rings. The molecule has 0 radical (unpaired) electrons. The van der Waals surface area contributed by atoms with E-state index in [0.29, 0.717) is 13.0 Å². The Kier molecular flexibility index (Phi) is 3.37. The van der Waals surface area contributed by atoms with E-state index in [2.05, 4.69) is 10.3 Å². The van der Waals surface area contributed by atoms with Crippen LogP contribution < -0.4 is 5.32 Å². The Balaban J connectivity index is 2.15. The third-order valence-corrected chi connectivity index (χ3v) is 2.92. The molecule has 90 valence electrons. The van der Waals surface area contributed by atoms with Crippen LogP contribution in [-0.4, -0.2) is 34.8 Å². The number of hydrogen-bond donors (Lipinski definition) is 1. The molecule has 5 heteroatoms. The lowest BCUT2D eigenvalue weighted by Crippen LogP contribution is -2.37. The summed E-state index contributed by atoms with van der Waals surface area (Å²) in [6.45, 7) is 2.45. The van der Waals surface area contributed by atoms with Gasteiger partial charge in [-0.1, -0.05) is 6.07 Å². The minimum Gasteiger partial charge on any atom is -0.347 e. The van der Waals surface area contributed by atoms with Crippen molar-refractivity contribution in [1.29, 1.82) is 0 Å². The van der Waals surface area contributed by atoms with Crippen molar-refractivity contribution in [1.82, 2.24) is 15.2 Å². The Bertz CT molecular complexity index is 419. The molecule has 0 spiro atoms. The number of pyridine rings is 1. The molecular formula is C12H15N3O2. The van der Waals surface area contributed by atoms with Gasteiger partial charge in [-0.05, 0) is 19.1 Å². The highest BCUT2D eigenvalue weighted by molar-refractivity contribution is 5.87. The summed E-state index contributed by atoms with van der Waals surface area (Å²) in [4.78, 5) is 29.0. The van der Waals surface area contributed by atoms with Crippen molar-refractivity contribution < 1.29 is 9.59 Å². The molecule has 2 amide bonds. The summed E-state index contributed by atoms with van der Waals surface area (Å²) >= 11 is 0. The zero-order valence-electron chi connectivity index (χ0n) is 9.72. The second-order valence-electron chi connectivity index (χ2n) is 4.04. The number of nitrogens with zero attached hydrogens (tertiary/aromatic N) is 2. The van der Waals surface area contributed by atoms with E-state index in [0.717, 1.165) is 5.69 Å². The normalized spacial score (nSPS) is 18.5. The van der Waals surface area contributed by atoms with Gasteiger partial charge in [0.15, 0.2) is 0 Å². The van der Waals surface area contributed by atoms with Gasteiger partial charge in [0.1, 0.15) is 0 Å². The maximum absolute atomic E-state index is 11.9. The van der Waals surface area contributed by atoms with Crippen molar-refractivity contribution in [2.75, 3.05) is 13.1 Å². The van der Waals surface area contributed by atoms with Gasteiger partial charge in [0.25, 0.3) is 0 Å². The fraction of sp³-hybridized carbons (Fsp3) is 0.417. The second kappa shape index (κ2) is 4.95. The number of rotatable bonds is 2. The van der Waals surface area contributed by atoms with Gasteiger partial charge in [0, 0.05) is 19.2 Å². The third kappa shape index (κ3) is 2.61. The van der Waals surface area contributed by atoms with Crippen LogP contribution in [0.4, 0.5) is 0 Å². The molecule has 0 bridgehead atoms. The number of nitrogens with one attached hydrogen (secondary N) is 1. The van der Waals surface area contributed by atoms with Crippen LogP contribution in [0, 0.1) is 0 Å². The van der Waals surface area contributed by atoms with E-state index in [1.54, 1.807) is 11.1 Å². The summed E-state index contributed by atoms with van der Waals surface area (Å²) in [5.74, 6) is -0.136. The van der Waals surface area contributed by atoms with Crippen LogP contribution >= 0.6 is 0 Å². The van der Waals surface area contributed by atoms with Gasteiger partial charge in [-0.25, -0.2) is 0 Å². The fourth-order valence-electron chi connectivity index (χ4n) is 1.90. The maximum atomic E-state index is 11.9. The Morgan fingerprint density at radius 1 is 1.41 bits per heavy atom. The highest BCUT2D eigenvalue weighted by atomic mass is 16.2. The van der Waals surface area contributed by atoms with Crippen molar-refractivity contribution in [3.8, 4) is 0 Å². The zero-order valence-corrected chi connectivity index (χ0v) is 9.72. The molecule has 17 heavy (non-hydrogen) atoms. The number of carbonyl (C=O) groups is 2. The van der Waals surface area contributed by atoms with Gasteiger partial charge in [-0.2, -0.15) is 0 Å². The summed E-state index contributed by atoms with van der Waals surface area (Å²) in [7, 11) is 0. The largest absolute Gasteiger partial charge is 0.347 e. The molecule has 1 fully saturated rings. The van der Waals surface area contributed by atoms with E-state index in [4.69, 9.17) is 0 Å². The first kappa shape index (κ1) is 11.6. The predicted octanol–water partition coefficient (Wildman–Crippen LogP) is 0.491. The molecule has 1 atom stereocenters. The minimum absolute atomic E-state index is 0.0611. The average molecular weight is 233 g/mol. The molecule has 0 aromatic carbocycles. The predicted molar refractivity (Wildman–Crippen MR) is 62.0 cm³/mol. The van der Waals surface area contributed by atoms with Gasteiger partial charge in [0.2, 0.25) is 11.8 Å². The first-order valence-corrected chi connectivity index (χ1v) is 5.65. The highest BCUT2D eigenvalue weighted by Crippen LogP contribution is 2.18. The van der Waals surface area contributed by atoms with Crippen LogP contribution in [-0.2, 0) is 9.59 Å². The van der Waals surface area contributed by atoms with Crippen LogP contribution in [0.25, 0.3) is 0 Å². The van der Waals surface area contributed by atoms with Crippen molar-refractivity contribution >= 4 is 11.8 Å². The quantitative estimate of drug-likeness (QED) is 0.808. The lowest BCUT2D eigenvalue weighted by atomic mass is 10.1. The Morgan fingerprint density at radius 3 is 2.94 bits per heavy atom. The van der Waals surface area contributed by atoms with Crippen LogP contribution in [0.2, 0.25) is 0 Å². The standard InChI is InChI=1S/C12H15N3O2/c1-9(10-4-2-3-6-13-10)15-7-5-11(16)14-8-12(15)17/h2-4,6,9H,5,7-8H2,1H3,(H,14,16). The van der Waals surface area contributed by atoms with E-state index < -0.39 is 0 Å². The van der Waals surface area contributed by atoms with Crippen LogP contribution in [0.5, 0.6) is 0 Å². The van der Waals surface area contributed by atoms with Crippen LogP contribution in [0.1, 0.15) is 25.1 Å². The first-order valence-electron chi connectivity index (χ1n) is 5.65. The Morgan fingerprint density at radius 2 is 2.24 bits per heavy atom. The van der Waals surface area contributed by atoms with Crippen molar-refractivity contribution in [3.05, 3.63) is 30.1 Å². The molecular weight excluding hydrogens is 218 g/mol. The van der Waals surface area contributed by atoms with Crippen LogP contribution in [0.15, 0.2) is 24.4 Å². The minimum atomic E-state index is -0.101. The van der Waals surface area contributed by atoms with Gasteiger partial charge in [-0.15, -0.1) is 0 Å². The summed E-state index contributed by atoms with van der Waals surface area (Å²) in [5.41, 5.74) is 0.843. The SMILES string of the molecule is CC(c1ccccn1)N1CCC(=O)NCC1=O. The van der Waals surface area contributed by atoms with Gasteiger partial charge < -0.3 is 10.2 Å². The lowest BCUT2D eigenvalue weighted by molar-refractivity contribution is -0.132. The molecule has 1 saturated heterocycles. The van der Waals surface area contributed by atoms with E-state index in [-0.39, 0.29) is 24.4 Å². The fourth-order valence-corrected chi connectivity index (χ4v) is 1.90. The summed E-state index contributed by atoms with van der Waals surface area (Å²) in [6, 6.07) is 5.52. The molecule has 1 aliphatic heterocycles. The smallest absolute Gasteiger partial charge is 0.242 e. The second-order valence-corrected chi connectivity index (χ2v) is 4.04. The summed E-state index contributed by atoms with van der Waals surface area (Å²) < 4.78 is 0. The van der Waals surface area contributed by atoms with Gasteiger partial charge in [-0.3, -0.25) is 14.6 Å². The first-order chi connectivity index (χ1) is 8.18. The number of amides is 2. The van der Waals surface area contributed by atoms with E-state index in [1.807, 2.05) is 25.1 Å². The molecule has 1 N–H and O–H groups in total. The molecule has 5 nitrogen and oxygen atoms in total. The Hall–Kier alpha value is -1.91. The maximum Gasteiger partial charge on any atom is 0.242 e. The average Bonchev–Trinajstić information content (AvgIpc) is 2.52. The van der Waals surface area contributed by atoms with Crippen molar-refractivity contribution in [3.63, 3.8) is 0 Å². The van der Waals surface area contributed by atoms with Crippen molar-refractivity contribution in [2.45, 2.75) is 19.4 Å². The monoisotopic (exact) mass is 233 g/mol. The summed E-state index contributed by atoms with van der Waals surface area (Å²) in [5, 5.41) is 2.58. The van der Waals surface area contributed by atoms with Gasteiger partial charge in [0.05, 0.1) is 18.3 Å². The molecule has 2 heterocycles. The number of aromatic nitrogens is 1. The van der Waals surface area contributed by atoms with E-state index in [9.17, 15) is 9.59 Å². The Labute approximate surface area is 99.8 Å². The van der Waals surface area contributed by atoms with E-state index in [1.165, 1.54) is 0 Å². The number of hydrogen-bond acceptors (Lipinski definition) is 3. The third-order valence-electron chi connectivity index (χ3n) is 2.92. The van der Waals surface area contributed by atoms with E-state index >= 15 is 0 Å². The molecule has 0 saturated carbocycles. The summed E-state index contributed by atoms with van der Waals surface area (Å²) in [6.07, 6.45) is 2.06.